The third-order valence-corrected chi connectivity index (χ3v) is 5.56. The van der Waals surface area contributed by atoms with Crippen molar-refractivity contribution in [2.45, 2.75) is 24.5 Å². The second-order valence-corrected chi connectivity index (χ2v) is 7.93. The van der Waals surface area contributed by atoms with Crippen molar-refractivity contribution in [3.63, 3.8) is 0 Å². The van der Waals surface area contributed by atoms with E-state index >= 15 is 0 Å². The van der Waals surface area contributed by atoms with E-state index in [1.807, 2.05) is 86.6 Å². The molecule has 0 heterocycles. The number of rotatable bonds is 6. The molecule has 0 unspecified atom stereocenters. The Labute approximate surface area is 174 Å². The number of amides is 1. The standard InChI is InChI=1S/C23H21ClN2OS/c1-16-3-7-19(8-4-16)17(2)25-26-23(27)20-9-5-18(6-10-20)15-28-22-13-11-21(24)12-14-22/h3-14H,15H2,1-2H3,(H,26,27)/b25-17-. The first kappa shape index (κ1) is 20.2. The van der Waals surface area contributed by atoms with Crippen LogP contribution in [0.5, 0.6) is 0 Å². The molecule has 0 aliphatic carbocycles. The van der Waals surface area contributed by atoms with Crippen LogP contribution in [0.1, 0.15) is 34.0 Å². The highest BCUT2D eigenvalue weighted by atomic mass is 35.5. The molecule has 0 spiro atoms. The fourth-order valence-corrected chi connectivity index (χ4v) is 3.49. The number of carbonyl (C=O) groups excluding carboxylic acids is 1. The van der Waals surface area contributed by atoms with Gasteiger partial charge in [0.05, 0.1) is 5.71 Å². The normalized spacial score (nSPS) is 11.3. The predicted octanol–water partition coefficient (Wildman–Crippen LogP) is 6.09. The van der Waals surface area contributed by atoms with E-state index in [0.29, 0.717) is 5.56 Å². The number of nitrogens with zero attached hydrogens (tertiary/aromatic N) is 1. The monoisotopic (exact) mass is 408 g/mol. The van der Waals surface area contributed by atoms with E-state index in [1.165, 1.54) is 5.56 Å². The zero-order valence-electron chi connectivity index (χ0n) is 15.8. The molecule has 0 radical (unpaired) electrons. The molecule has 0 aromatic heterocycles. The molecule has 0 atom stereocenters. The van der Waals surface area contributed by atoms with Crippen LogP contribution in [-0.4, -0.2) is 11.6 Å². The van der Waals surface area contributed by atoms with Crippen LogP contribution in [0, 0.1) is 6.92 Å². The molecular formula is C23H21ClN2OS. The maximum absolute atomic E-state index is 12.3. The van der Waals surface area contributed by atoms with Crippen molar-refractivity contribution in [1.29, 1.82) is 0 Å². The van der Waals surface area contributed by atoms with Crippen molar-refractivity contribution in [2.75, 3.05) is 0 Å². The first-order chi connectivity index (χ1) is 13.5. The molecule has 142 valence electrons. The zero-order valence-corrected chi connectivity index (χ0v) is 17.3. The topological polar surface area (TPSA) is 41.5 Å². The molecule has 0 aliphatic rings. The smallest absolute Gasteiger partial charge is 0.267 e. The molecule has 0 fully saturated rings. The molecule has 0 aliphatic heterocycles. The van der Waals surface area contributed by atoms with Crippen LogP contribution >= 0.6 is 23.4 Å². The number of halogens is 1. The lowest BCUT2D eigenvalue weighted by atomic mass is 10.1. The van der Waals surface area contributed by atoms with Crippen molar-refractivity contribution in [3.8, 4) is 0 Å². The summed E-state index contributed by atoms with van der Waals surface area (Å²) in [5.74, 6) is 0.608. The number of benzene rings is 3. The third kappa shape index (κ3) is 5.72. The van der Waals surface area contributed by atoms with Gasteiger partial charge in [-0.05, 0) is 61.4 Å². The van der Waals surface area contributed by atoms with Crippen molar-refractivity contribution >= 4 is 35.0 Å². The van der Waals surface area contributed by atoms with Crippen LogP contribution in [0.3, 0.4) is 0 Å². The number of thioether (sulfide) groups is 1. The minimum atomic E-state index is -0.219. The van der Waals surface area contributed by atoms with Crippen LogP contribution < -0.4 is 5.43 Å². The summed E-state index contributed by atoms with van der Waals surface area (Å²) in [7, 11) is 0. The Bertz CT molecular complexity index is 965. The van der Waals surface area contributed by atoms with Gasteiger partial charge < -0.3 is 0 Å². The molecule has 0 bridgehead atoms. The Morgan fingerprint density at radius 2 is 1.54 bits per heavy atom. The Hall–Kier alpha value is -2.56. The lowest BCUT2D eigenvalue weighted by Crippen LogP contribution is -2.19. The second kappa shape index (κ2) is 9.58. The van der Waals surface area contributed by atoms with Crippen molar-refractivity contribution < 1.29 is 4.79 Å². The van der Waals surface area contributed by atoms with Crippen molar-refractivity contribution in [2.24, 2.45) is 5.10 Å². The number of hydrogen-bond donors (Lipinski definition) is 1. The summed E-state index contributed by atoms with van der Waals surface area (Å²) in [5.41, 5.74) is 7.30. The molecule has 0 saturated carbocycles. The van der Waals surface area contributed by atoms with Crippen LogP contribution in [0.25, 0.3) is 0 Å². The summed E-state index contributed by atoms with van der Waals surface area (Å²) >= 11 is 7.63. The SMILES string of the molecule is C/C(=N/NC(=O)c1ccc(CSc2ccc(Cl)cc2)cc1)c1ccc(C)cc1. The molecule has 0 saturated heterocycles. The van der Waals surface area contributed by atoms with Gasteiger partial charge in [0.2, 0.25) is 0 Å². The minimum Gasteiger partial charge on any atom is -0.267 e. The molecule has 3 aromatic rings. The summed E-state index contributed by atoms with van der Waals surface area (Å²) in [6, 6.07) is 23.4. The van der Waals surface area contributed by atoms with Gasteiger partial charge in [-0.15, -0.1) is 11.8 Å². The van der Waals surface area contributed by atoms with E-state index in [0.717, 1.165) is 32.5 Å². The van der Waals surface area contributed by atoms with Gasteiger partial charge in [0, 0.05) is 21.2 Å². The van der Waals surface area contributed by atoms with Crippen LogP contribution in [-0.2, 0) is 5.75 Å². The maximum atomic E-state index is 12.3. The van der Waals surface area contributed by atoms with E-state index in [2.05, 4.69) is 10.5 Å². The highest BCUT2D eigenvalue weighted by Gasteiger charge is 2.06. The van der Waals surface area contributed by atoms with Gasteiger partial charge in [0.25, 0.3) is 5.91 Å². The van der Waals surface area contributed by atoms with Gasteiger partial charge in [-0.3, -0.25) is 4.79 Å². The molecule has 1 N–H and O–H groups in total. The lowest BCUT2D eigenvalue weighted by molar-refractivity contribution is 0.0955. The first-order valence-electron chi connectivity index (χ1n) is 8.90. The largest absolute Gasteiger partial charge is 0.271 e. The Balaban J connectivity index is 1.56. The second-order valence-electron chi connectivity index (χ2n) is 6.44. The number of carbonyl (C=O) groups is 1. The van der Waals surface area contributed by atoms with Gasteiger partial charge in [-0.2, -0.15) is 5.10 Å². The number of hydrazone groups is 1. The Morgan fingerprint density at radius 3 is 2.18 bits per heavy atom. The van der Waals surface area contributed by atoms with E-state index < -0.39 is 0 Å². The summed E-state index contributed by atoms with van der Waals surface area (Å²) < 4.78 is 0. The quantitative estimate of drug-likeness (QED) is 0.304. The number of hydrogen-bond acceptors (Lipinski definition) is 3. The third-order valence-electron chi connectivity index (χ3n) is 4.23. The predicted molar refractivity (Wildman–Crippen MR) is 118 cm³/mol. The summed E-state index contributed by atoms with van der Waals surface area (Å²) in [6.45, 7) is 3.91. The Morgan fingerprint density at radius 1 is 0.929 bits per heavy atom. The summed E-state index contributed by atoms with van der Waals surface area (Å²) in [4.78, 5) is 13.5. The van der Waals surface area contributed by atoms with Crippen LogP contribution in [0.15, 0.2) is 82.8 Å². The molecular weight excluding hydrogens is 388 g/mol. The lowest BCUT2D eigenvalue weighted by Gasteiger charge is -2.05. The Kier molecular flexibility index (Phi) is 6.90. The minimum absolute atomic E-state index is 0.219. The molecule has 3 nitrogen and oxygen atoms in total. The molecule has 3 rings (SSSR count). The molecule has 28 heavy (non-hydrogen) atoms. The van der Waals surface area contributed by atoms with E-state index in [1.54, 1.807) is 11.8 Å². The fraction of sp³-hybridized carbons (Fsp3) is 0.130. The average Bonchev–Trinajstić information content (AvgIpc) is 2.72. The van der Waals surface area contributed by atoms with E-state index in [-0.39, 0.29) is 5.91 Å². The maximum Gasteiger partial charge on any atom is 0.271 e. The highest BCUT2D eigenvalue weighted by molar-refractivity contribution is 7.98. The average molecular weight is 409 g/mol. The van der Waals surface area contributed by atoms with Gasteiger partial charge >= 0.3 is 0 Å². The number of aryl methyl sites for hydroxylation is 1. The van der Waals surface area contributed by atoms with E-state index in [4.69, 9.17) is 11.6 Å². The van der Waals surface area contributed by atoms with Gasteiger partial charge in [0.15, 0.2) is 0 Å². The van der Waals surface area contributed by atoms with Gasteiger partial charge in [-0.25, -0.2) is 5.43 Å². The molecule has 3 aromatic carbocycles. The van der Waals surface area contributed by atoms with Gasteiger partial charge in [0.1, 0.15) is 0 Å². The van der Waals surface area contributed by atoms with Crippen LogP contribution in [0.2, 0.25) is 5.02 Å². The van der Waals surface area contributed by atoms with Gasteiger partial charge in [-0.1, -0.05) is 53.6 Å². The van der Waals surface area contributed by atoms with Crippen molar-refractivity contribution in [3.05, 3.63) is 100 Å². The first-order valence-corrected chi connectivity index (χ1v) is 10.3. The molecule has 1 amide bonds. The van der Waals surface area contributed by atoms with Crippen molar-refractivity contribution in [1.82, 2.24) is 5.43 Å². The summed E-state index contributed by atoms with van der Waals surface area (Å²) in [5, 5.41) is 4.94. The zero-order chi connectivity index (χ0) is 19.9. The van der Waals surface area contributed by atoms with Crippen LogP contribution in [0.4, 0.5) is 0 Å². The number of nitrogens with one attached hydrogen (secondary N) is 1. The molecule has 5 heteroatoms. The highest BCUT2D eigenvalue weighted by Crippen LogP contribution is 2.24. The summed E-state index contributed by atoms with van der Waals surface area (Å²) in [6.07, 6.45) is 0. The van der Waals surface area contributed by atoms with E-state index in [9.17, 15) is 4.79 Å². The fourth-order valence-electron chi connectivity index (χ4n) is 2.51.